The molecule has 1 fully saturated rings. The van der Waals surface area contributed by atoms with Gasteiger partial charge < -0.3 is 10.1 Å². The third-order valence-corrected chi connectivity index (χ3v) is 6.28. The minimum absolute atomic E-state index is 0.0379. The Hall–Kier alpha value is -0.370. The van der Waals surface area contributed by atoms with Gasteiger partial charge in [0, 0.05) is 25.2 Å². The molecule has 1 heterocycles. The molecule has 0 aliphatic carbocycles. The lowest BCUT2D eigenvalue weighted by Gasteiger charge is -2.20. The van der Waals surface area contributed by atoms with Crippen LogP contribution < -0.4 is 10.0 Å². The number of sulfonamides is 1. The second-order valence-electron chi connectivity index (χ2n) is 5.10. The number of rotatable bonds is 4. The Morgan fingerprint density at radius 2 is 2.00 bits per heavy atom. The smallest absolute Gasteiger partial charge is 0.242 e. The summed E-state index contributed by atoms with van der Waals surface area (Å²) in [4.78, 5) is 0.0379. The molecule has 21 heavy (non-hydrogen) atoms. The molecule has 0 aromatic heterocycles. The normalized spacial score (nSPS) is 22.7. The van der Waals surface area contributed by atoms with Gasteiger partial charge in [-0.25, -0.2) is 13.1 Å². The Morgan fingerprint density at radius 3 is 2.62 bits per heavy atom. The van der Waals surface area contributed by atoms with Gasteiger partial charge in [0.25, 0.3) is 0 Å². The first-order chi connectivity index (χ1) is 9.77. The molecular formula is C13H18Cl2N2O3S. The fourth-order valence-corrected chi connectivity index (χ4v) is 4.89. The maximum atomic E-state index is 12.7. The SMILES string of the molecule is CO[C@H]1CNCC1NS(=O)(=O)c1c(C)c(Cl)cc(C)c1Cl. The van der Waals surface area contributed by atoms with Gasteiger partial charge in [0.2, 0.25) is 10.0 Å². The van der Waals surface area contributed by atoms with Crippen molar-refractivity contribution in [2.45, 2.75) is 30.9 Å². The van der Waals surface area contributed by atoms with Crippen LogP contribution >= 0.6 is 23.2 Å². The second kappa shape index (κ2) is 6.40. The molecule has 2 atom stereocenters. The summed E-state index contributed by atoms with van der Waals surface area (Å²) in [5.41, 5.74) is 1.07. The summed E-state index contributed by atoms with van der Waals surface area (Å²) >= 11 is 12.3. The Bertz CT molecular complexity index is 623. The number of hydrogen-bond acceptors (Lipinski definition) is 4. The summed E-state index contributed by atoms with van der Waals surface area (Å²) in [6.07, 6.45) is -0.209. The van der Waals surface area contributed by atoms with E-state index in [1.807, 2.05) is 0 Å². The second-order valence-corrected chi connectivity index (χ2v) is 7.54. The van der Waals surface area contributed by atoms with Crippen molar-refractivity contribution in [1.29, 1.82) is 0 Å². The van der Waals surface area contributed by atoms with Crippen LogP contribution in [0.4, 0.5) is 0 Å². The highest BCUT2D eigenvalue weighted by molar-refractivity contribution is 7.89. The summed E-state index contributed by atoms with van der Waals surface area (Å²) in [7, 11) is -2.22. The monoisotopic (exact) mass is 352 g/mol. The largest absolute Gasteiger partial charge is 0.378 e. The first-order valence-corrected chi connectivity index (χ1v) is 8.73. The van der Waals surface area contributed by atoms with Crippen LogP contribution in [0.5, 0.6) is 0 Å². The average molecular weight is 353 g/mol. The highest BCUT2D eigenvalue weighted by atomic mass is 35.5. The number of methoxy groups -OCH3 is 1. The van der Waals surface area contributed by atoms with Crippen molar-refractivity contribution in [3.05, 3.63) is 27.2 Å². The predicted octanol–water partition coefficient (Wildman–Crippen LogP) is 1.88. The van der Waals surface area contributed by atoms with Gasteiger partial charge >= 0.3 is 0 Å². The average Bonchev–Trinajstić information content (AvgIpc) is 2.82. The van der Waals surface area contributed by atoms with Gasteiger partial charge in [-0.05, 0) is 31.0 Å². The lowest BCUT2D eigenvalue weighted by Crippen LogP contribution is -2.43. The number of hydrogen-bond donors (Lipinski definition) is 2. The maximum Gasteiger partial charge on any atom is 0.242 e. The van der Waals surface area contributed by atoms with Crippen molar-refractivity contribution in [2.75, 3.05) is 20.2 Å². The summed E-state index contributed by atoms with van der Waals surface area (Å²) in [6.45, 7) is 4.48. The van der Waals surface area contributed by atoms with Crippen LogP contribution in [0.15, 0.2) is 11.0 Å². The van der Waals surface area contributed by atoms with Crippen LogP contribution in [0.3, 0.4) is 0 Å². The predicted molar refractivity (Wildman–Crippen MR) is 83.7 cm³/mol. The van der Waals surface area contributed by atoms with Gasteiger partial charge in [-0.15, -0.1) is 0 Å². The van der Waals surface area contributed by atoms with Crippen molar-refractivity contribution in [1.82, 2.24) is 10.0 Å². The molecule has 2 rings (SSSR count). The molecule has 0 bridgehead atoms. The molecule has 2 N–H and O–H groups in total. The molecule has 1 aromatic carbocycles. The molecule has 1 aliphatic heterocycles. The van der Waals surface area contributed by atoms with Gasteiger partial charge in [0.15, 0.2) is 0 Å². The van der Waals surface area contributed by atoms with Crippen LogP contribution in [-0.2, 0) is 14.8 Å². The molecule has 1 aliphatic rings. The van der Waals surface area contributed by atoms with Gasteiger partial charge in [-0.2, -0.15) is 0 Å². The van der Waals surface area contributed by atoms with E-state index in [0.717, 1.165) is 0 Å². The highest BCUT2D eigenvalue weighted by Gasteiger charge is 2.33. The van der Waals surface area contributed by atoms with Crippen molar-refractivity contribution < 1.29 is 13.2 Å². The number of benzene rings is 1. The maximum absolute atomic E-state index is 12.7. The van der Waals surface area contributed by atoms with E-state index < -0.39 is 10.0 Å². The third-order valence-electron chi connectivity index (χ3n) is 3.62. The molecule has 8 heteroatoms. The third kappa shape index (κ3) is 3.36. The summed E-state index contributed by atoms with van der Waals surface area (Å²) in [5.74, 6) is 0. The van der Waals surface area contributed by atoms with Crippen LogP contribution in [0, 0.1) is 13.8 Å². The van der Waals surface area contributed by atoms with Crippen molar-refractivity contribution in [3.8, 4) is 0 Å². The number of aryl methyl sites for hydroxylation is 1. The molecular weight excluding hydrogens is 335 g/mol. The van der Waals surface area contributed by atoms with Crippen molar-refractivity contribution in [3.63, 3.8) is 0 Å². The molecule has 0 saturated carbocycles. The fourth-order valence-electron chi connectivity index (χ4n) is 2.41. The van der Waals surface area contributed by atoms with E-state index in [1.54, 1.807) is 27.0 Å². The van der Waals surface area contributed by atoms with E-state index in [2.05, 4.69) is 10.0 Å². The number of ether oxygens (including phenoxy) is 1. The number of nitrogens with one attached hydrogen (secondary N) is 2. The van der Waals surface area contributed by atoms with Gasteiger partial charge in [0.1, 0.15) is 4.90 Å². The first-order valence-electron chi connectivity index (χ1n) is 6.49. The molecule has 0 radical (unpaired) electrons. The highest BCUT2D eigenvalue weighted by Crippen LogP contribution is 2.33. The summed E-state index contributed by atoms with van der Waals surface area (Å²) in [6, 6.07) is 1.32. The quantitative estimate of drug-likeness (QED) is 0.867. The Morgan fingerprint density at radius 1 is 1.33 bits per heavy atom. The fraction of sp³-hybridized carbons (Fsp3) is 0.538. The molecule has 1 aromatic rings. The van der Waals surface area contributed by atoms with Crippen molar-refractivity contribution in [2.24, 2.45) is 0 Å². The van der Waals surface area contributed by atoms with E-state index in [4.69, 9.17) is 27.9 Å². The number of halogens is 2. The molecule has 5 nitrogen and oxygen atoms in total. The minimum Gasteiger partial charge on any atom is -0.378 e. The van der Waals surface area contributed by atoms with E-state index in [9.17, 15) is 8.42 Å². The Balaban J connectivity index is 2.41. The molecule has 118 valence electrons. The van der Waals surface area contributed by atoms with Gasteiger partial charge in [-0.3, -0.25) is 0 Å². The molecule has 1 saturated heterocycles. The van der Waals surface area contributed by atoms with Crippen molar-refractivity contribution >= 4 is 33.2 Å². The standard InChI is InChI=1S/C13H18Cl2N2O3S/c1-7-4-9(14)8(2)13(12(7)15)21(18,19)17-10-5-16-6-11(10)20-3/h4,10-11,16-17H,5-6H2,1-3H3/t10?,11-/m0/s1. The molecule has 1 unspecified atom stereocenters. The zero-order valence-corrected chi connectivity index (χ0v) is 14.4. The van der Waals surface area contributed by atoms with Gasteiger partial charge in [0.05, 0.1) is 17.2 Å². The van der Waals surface area contributed by atoms with Gasteiger partial charge in [-0.1, -0.05) is 23.2 Å². The summed E-state index contributed by atoms with van der Waals surface area (Å²) < 4.78 is 33.2. The van der Waals surface area contributed by atoms with E-state index in [-0.39, 0.29) is 22.1 Å². The lowest BCUT2D eigenvalue weighted by atomic mass is 10.2. The first kappa shape index (κ1) is 17.0. The minimum atomic E-state index is -3.78. The summed E-state index contributed by atoms with van der Waals surface area (Å²) in [5, 5.41) is 3.67. The zero-order valence-electron chi connectivity index (χ0n) is 12.0. The Labute approximate surface area is 135 Å². The van der Waals surface area contributed by atoms with E-state index in [0.29, 0.717) is 29.2 Å². The molecule has 0 spiro atoms. The zero-order chi connectivity index (χ0) is 15.8. The van der Waals surface area contributed by atoms with Crippen LogP contribution in [-0.4, -0.2) is 40.8 Å². The van der Waals surface area contributed by atoms with Crippen LogP contribution in [0.1, 0.15) is 11.1 Å². The lowest BCUT2D eigenvalue weighted by molar-refractivity contribution is 0.103. The van der Waals surface area contributed by atoms with Crippen LogP contribution in [0.2, 0.25) is 10.0 Å². The van der Waals surface area contributed by atoms with Crippen LogP contribution in [0.25, 0.3) is 0 Å². The van der Waals surface area contributed by atoms with E-state index >= 15 is 0 Å². The topological polar surface area (TPSA) is 67.4 Å². The van der Waals surface area contributed by atoms with E-state index in [1.165, 1.54) is 0 Å². The molecule has 0 amide bonds. The Kier molecular flexibility index (Phi) is 5.18.